The maximum atomic E-state index is 2.49. The summed E-state index contributed by atoms with van der Waals surface area (Å²) in [5.41, 5.74) is 5.08. The van der Waals surface area contributed by atoms with Gasteiger partial charge in [-0.3, -0.25) is 0 Å². The van der Waals surface area contributed by atoms with E-state index >= 15 is 0 Å². The average molecular weight is 172 g/mol. The summed E-state index contributed by atoms with van der Waals surface area (Å²) in [6, 6.07) is 0. The minimum absolute atomic E-state index is 0.834. The van der Waals surface area contributed by atoms with Crippen LogP contribution in [0.1, 0.15) is 38.5 Å². The maximum absolute atomic E-state index is 2.49. The summed E-state index contributed by atoms with van der Waals surface area (Å²) >= 11 is 0. The molecule has 13 heavy (non-hydrogen) atoms. The number of fused-ring (bicyclic) bond motifs is 3. The number of allylic oxidation sites excluding steroid dienone is 6. The minimum Gasteiger partial charge on any atom is -0.0844 e. The molecule has 0 nitrogen and oxygen atoms in total. The lowest BCUT2D eigenvalue weighted by Crippen LogP contribution is -2.04. The summed E-state index contributed by atoms with van der Waals surface area (Å²) in [5, 5.41) is 0. The van der Waals surface area contributed by atoms with Crippen LogP contribution in [0.5, 0.6) is 0 Å². The van der Waals surface area contributed by atoms with Gasteiger partial charge in [0, 0.05) is 5.92 Å². The SMILES string of the molecule is C1=C2CC3=CCCCC3C2=CCC1. The van der Waals surface area contributed by atoms with Crippen LogP contribution in [0.3, 0.4) is 0 Å². The third kappa shape index (κ3) is 1.12. The van der Waals surface area contributed by atoms with E-state index in [1.807, 2.05) is 0 Å². The van der Waals surface area contributed by atoms with Gasteiger partial charge in [0.25, 0.3) is 0 Å². The molecule has 0 aromatic heterocycles. The van der Waals surface area contributed by atoms with E-state index in [0.29, 0.717) is 0 Å². The highest BCUT2D eigenvalue weighted by atomic mass is 14.4. The molecule has 1 saturated carbocycles. The molecule has 0 amide bonds. The van der Waals surface area contributed by atoms with E-state index in [1.165, 1.54) is 38.5 Å². The Morgan fingerprint density at radius 2 is 1.92 bits per heavy atom. The Morgan fingerprint density at radius 3 is 2.92 bits per heavy atom. The Morgan fingerprint density at radius 1 is 1.00 bits per heavy atom. The molecule has 68 valence electrons. The molecule has 0 heterocycles. The molecule has 1 atom stereocenters. The third-order valence-electron chi connectivity index (χ3n) is 3.61. The van der Waals surface area contributed by atoms with Gasteiger partial charge in [0.2, 0.25) is 0 Å². The van der Waals surface area contributed by atoms with Crippen molar-refractivity contribution >= 4 is 0 Å². The number of hydrogen-bond donors (Lipinski definition) is 0. The molecule has 1 fully saturated rings. The largest absolute Gasteiger partial charge is 0.0844 e. The molecule has 0 saturated heterocycles. The fourth-order valence-corrected chi connectivity index (χ4v) is 2.99. The van der Waals surface area contributed by atoms with Crippen molar-refractivity contribution in [2.24, 2.45) is 5.92 Å². The first-order valence-corrected chi connectivity index (χ1v) is 5.53. The lowest BCUT2D eigenvalue weighted by atomic mass is 9.86. The summed E-state index contributed by atoms with van der Waals surface area (Å²) in [6.45, 7) is 0. The predicted molar refractivity (Wildman–Crippen MR) is 55.4 cm³/mol. The quantitative estimate of drug-likeness (QED) is 0.488. The molecule has 3 rings (SSSR count). The zero-order valence-corrected chi connectivity index (χ0v) is 8.05. The molecule has 3 aliphatic rings. The number of rotatable bonds is 0. The Hall–Kier alpha value is -0.780. The summed E-state index contributed by atoms with van der Waals surface area (Å²) in [5.74, 6) is 0.834. The average Bonchev–Trinajstić information content (AvgIpc) is 2.56. The monoisotopic (exact) mass is 172 g/mol. The van der Waals surface area contributed by atoms with Crippen LogP contribution in [0.25, 0.3) is 0 Å². The van der Waals surface area contributed by atoms with Crippen LogP contribution in [0.4, 0.5) is 0 Å². The van der Waals surface area contributed by atoms with Gasteiger partial charge in [-0.15, -0.1) is 0 Å². The zero-order valence-electron chi connectivity index (χ0n) is 8.05. The van der Waals surface area contributed by atoms with Gasteiger partial charge in [0.05, 0.1) is 0 Å². The standard InChI is InChI=1S/C13H16/c1-3-7-12-10(5-1)9-11-6-2-4-8-13(11)12/h5-7,13H,1-4,8-9H2. The Bertz CT molecular complexity index is 315. The molecule has 0 spiro atoms. The summed E-state index contributed by atoms with van der Waals surface area (Å²) in [6.07, 6.45) is 15.4. The molecule has 0 bridgehead atoms. The summed E-state index contributed by atoms with van der Waals surface area (Å²) in [7, 11) is 0. The lowest BCUT2D eigenvalue weighted by Gasteiger charge is -2.19. The van der Waals surface area contributed by atoms with Gasteiger partial charge >= 0.3 is 0 Å². The molecule has 0 N–H and O–H groups in total. The fraction of sp³-hybridized carbons (Fsp3) is 0.538. The lowest BCUT2D eigenvalue weighted by molar-refractivity contribution is 0.594. The second-order valence-corrected chi connectivity index (χ2v) is 4.41. The predicted octanol–water partition coefficient (Wildman–Crippen LogP) is 3.76. The summed E-state index contributed by atoms with van der Waals surface area (Å²) in [4.78, 5) is 0. The molecular formula is C13H16. The third-order valence-corrected chi connectivity index (χ3v) is 3.61. The highest BCUT2D eigenvalue weighted by molar-refractivity contribution is 5.49. The van der Waals surface area contributed by atoms with Crippen LogP contribution in [0.15, 0.2) is 34.9 Å². The van der Waals surface area contributed by atoms with Crippen molar-refractivity contribution in [2.45, 2.75) is 38.5 Å². The van der Waals surface area contributed by atoms with Gasteiger partial charge < -0.3 is 0 Å². The van der Waals surface area contributed by atoms with Gasteiger partial charge in [-0.25, -0.2) is 0 Å². The summed E-state index contributed by atoms with van der Waals surface area (Å²) < 4.78 is 0. The highest BCUT2D eigenvalue weighted by Gasteiger charge is 2.31. The van der Waals surface area contributed by atoms with Crippen molar-refractivity contribution in [1.29, 1.82) is 0 Å². The topological polar surface area (TPSA) is 0 Å². The van der Waals surface area contributed by atoms with E-state index in [4.69, 9.17) is 0 Å². The van der Waals surface area contributed by atoms with E-state index in [2.05, 4.69) is 18.2 Å². The van der Waals surface area contributed by atoms with Crippen molar-refractivity contribution in [3.63, 3.8) is 0 Å². The highest BCUT2D eigenvalue weighted by Crippen LogP contribution is 2.47. The van der Waals surface area contributed by atoms with Crippen molar-refractivity contribution in [2.75, 3.05) is 0 Å². The van der Waals surface area contributed by atoms with Crippen molar-refractivity contribution in [1.82, 2.24) is 0 Å². The first-order chi connectivity index (χ1) is 6.45. The Balaban J connectivity index is 2.03. The van der Waals surface area contributed by atoms with Crippen LogP contribution in [0.2, 0.25) is 0 Å². The molecule has 1 unspecified atom stereocenters. The van der Waals surface area contributed by atoms with Crippen molar-refractivity contribution in [3.8, 4) is 0 Å². The van der Waals surface area contributed by atoms with Crippen LogP contribution in [-0.2, 0) is 0 Å². The smallest absolute Gasteiger partial charge is 0.00511 e. The second-order valence-electron chi connectivity index (χ2n) is 4.41. The van der Waals surface area contributed by atoms with Crippen molar-refractivity contribution in [3.05, 3.63) is 34.9 Å². The molecule has 3 aliphatic carbocycles. The molecule has 0 aromatic rings. The maximum Gasteiger partial charge on any atom is 0.00511 e. The second kappa shape index (κ2) is 2.87. The van der Waals surface area contributed by atoms with E-state index in [-0.39, 0.29) is 0 Å². The van der Waals surface area contributed by atoms with E-state index in [0.717, 1.165) is 5.92 Å². The molecule has 0 aromatic carbocycles. The van der Waals surface area contributed by atoms with E-state index < -0.39 is 0 Å². The fourth-order valence-electron chi connectivity index (χ4n) is 2.99. The van der Waals surface area contributed by atoms with Gasteiger partial charge in [0.15, 0.2) is 0 Å². The minimum atomic E-state index is 0.834. The van der Waals surface area contributed by atoms with Crippen LogP contribution < -0.4 is 0 Å². The van der Waals surface area contributed by atoms with E-state index in [9.17, 15) is 0 Å². The first kappa shape index (κ1) is 7.61. The Labute approximate surface area is 80.0 Å². The van der Waals surface area contributed by atoms with Crippen molar-refractivity contribution < 1.29 is 0 Å². The molecule has 0 radical (unpaired) electrons. The van der Waals surface area contributed by atoms with Crippen LogP contribution in [0, 0.1) is 5.92 Å². The Kier molecular flexibility index (Phi) is 1.68. The number of hydrogen-bond acceptors (Lipinski definition) is 0. The van der Waals surface area contributed by atoms with Gasteiger partial charge in [-0.1, -0.05) is 23.8 Å². The normalized spacial score (nSPS) is 31.4. The van der Waals surface area contributed by atoms with Crippen LogP contribution >= 0.6 is 0 Å². The van der Waals surface area contributed by atoms with E-state index in [1.54, 1.807) is 16.7 Å². The van der Waals surface area contributed by atoms with Crippen LogP contribution in [-0.4, -0.2) is 0 Å². The molecular weight excluding hydrogens is 156 g/mol. The first-order valence-electron chi connectivity index (χ1n) is 5.53. The molecule has 0 aliphatic heterocycles. The van der Waals surface area contributed by atoms with Gasteiger partial charge in [0.1, 0.15) is 0 Å². The molecule has 0 heteroatoms. The zero-order chi connectivity index (χ0) is 8.67. The van der Waals surface area contributed by atoms with Gasteiger partial charge in [-0.05, 0) is 49.7 Å². The van der Waals surface area contributed by atoms with Gasteiger partial charge in [-0.2, -0.15) is 0 Å².